The maximum absolute atomic E-state index is 13.0. The Kier molecular flexibility index (Phi) is 6.34. The second-order valence-electron chi connectivity index (χ2n) is 7.04. The van der Waals surface area contributed by atoms with Crippen molar-refractivity contribution < 1.29 is 18.0 Å². The summed E-state index contributed by atoms with van der Waals surface area (Å²) < 4.78 is 38.9. The lowest BCUT2D eigenvalue weighted by atomic mass is 10.1. The van der Waals surface area contributed by atoms with Gasteiger partial charge in [-0.15, -0.1) is 11.3 Å². The number of anilines is 2. The van der Waals surface area contributed by atoms with Gasteiger partial charge in [-0.3, -0.25) is 4.79 Å². The number of hydrogen-bond donors (Lipinski definition) is 2. The van der Waals surface area contributed by atoms with Crippen molar-refractivity contribution >= 4 is 50.4 Å². The van der Waals surface area contributed by atoms with Crippen molar-refractivity contribution in [1.82, 2.24) is 4.98 Å². The van der Waals surface area contributed by atoms with Crippen molar-refractivity contribution in [3.63, 3.8) is 0 Å². The van der Waals surface area contributed by atoms with E-state index in [0.717, 1.165) is 28.6 Å². The molecule has 0 atom stereocenters. The predicted octanol–water partition coefficient (Wildman–Crippen LogP) is 6.61. The normalized spacial score (nSPS) is 11.5. The van der Waals surface area contributed by atoms with Gasteiger partial charge in [0.2, 0.25) is 5.91 Å². The number of fused-ring (bicyclic) bond motifs is 1. The van der Waals surface area contributed by atoms with Crippen LogP contribution in [0.2, 0.25) is 5.02 Å². The van der Waals surface area contributed by atoms with E-state index in [1.165, 1.54) is 23.6 Å². The number of thiazole rings is 1. The third-order valence-corrected chi connectivity index (χ3v) is 6.05. The molecule has 1 aromatic heterocycles. The highest BCUT2D eigenvalue weighted by Crippen LogP contribution is 2.33. The van der Waals surface area contributed by atoms with E-state index in [4.69, 9.17) is 11.6 Å². The molecule has 0 aliphatic rings. The van der Waals surface area contributed by atoms with Gasteiger partial charge in [0.25, 0.3) is 0 Å². The summed E-state index contributed by atoms with van der Waals surface area (Å²) in [5, 5.41) is 8.52. The number of aromatic nitrogens is 1. The SMILES string of the molecule is O=C(CNc1cccc2ccccc12)Nc1ncc(Cc2cc(C(F)(F)F)ccc2Cl)s1. The van der Waals surface area contributed by atoms with E-state index in [0.29, 0.717) is 15.6 Å². The van der Waals surface area contributed by atoms with Crippen molar-refractivity contribution in [2.45, 2.75) is 12.6 Å². The molecule has 4 nitrogen and oxygen atoms in total. The summed E-state index contributed by atoms with van der Waals surface area (Å²) in [7, 11) is 0. The van der Waals surface area contributed by atoms with E-state index >= 15 is 0 Å². The molecular formula is C23H17ClF3N3OS. The number of carbonyl (C=O) groups excluding carboxylic acids is 1. The number of nitrogens with zero attached hydrogens (tertiary/aromatic N) is 1. The molecule has 0 fully saturated rings. The third-order valence-electron chi connectivity index (χ3n) is 4.77. The lowest BCUT2D eigenvalue weighted by molar-refractivity contribution is -0.137. The van der Waals surface area contributed by atoms with Crippen LogP contribution in [0.4, 0.5) is 24.0 Å². The van der Waals surface area contributed by atoms with Gasteiger partial charge < -0.3 is 10.6 Å². The second kappa shape index (κ2) is 9.18. The minimum Gasteiger partial charge on any atom is -0.376 e. The Morgan fingerprint density at radius 3 is 2.66 bits per heavy atom. The molecule has 0 aliphatic carbocycles. The Hall–Kier alpha value is -3.10. The van der Waals surface area contributed by atoms with Crippen molar-refractivity contribution in [2.24, 2.45) is 0 Å². The summed E-state index contributed by atoms with van der Waals surface area (Å²) in [4.78, 5) is 17.2. The Balaban J connectivity index is 1.39. The Labute approximate surface area is 191 Å². The highest BCUT2D eigenvalue weighted by molar-refractivity contribution is 7.15. The second-order valence-corrected chi connectivity index (χ2v) is 8.56. The summed E-state index contributed by atoms with van der Waals surface area (Å²) >= 11 is 7.26. The summed E-state index contributed by atoms with van der Waals surface area (Å²) in [5.74, 6) is -0.282. The average molecular weight is 476 g/mol. The standard InChI is InChI=1S/C23H17ClF3N3OS/c24-19-9-8-16(23(25,26)27)10-15(19)11-17-12-29-22(32-17)30-21(31)13-28-20-7-3-5-14-4-1-2-6-18(14)20/h1-10,12,28H,11,13H2,(H,29,30,31). The van der Waals surface area contributed by atoms with Crippen molar-refractivity contribution in [3.8, 4) is 0 Å². The van der Waals surface area contributed by atoms with Gasteiger partial charge in [-0.05, 0) is 35.2 Å². The third kappa shape index (κ3) is 5.20. The van der Waals surface area contributed by atoms with Crippen LogP contribution in [-0.4, -0.2) is 17.4 Å². The van der Waals surface area contributed by atoms with Crippen LogP contribution in [0.1, 0.15) is 16.0 Å². The van der Waals surface area contributed by atoms with Crippen LogP contribution in [0.5, 0.6) is 0 Å². The number of benzene rings is 3. The van der Waals surface area contributed by atoms with E-state index in [1.807, 2.05) is 42.5 Å². The number of rotatable bonds is 6. The monoisotopic (exact) mass is 475 g/mol. The summed E-state index contributed by atoms with van der Waals surface area (Å²) in [6.07, 6.45) is -2.73. The lowest BCUT2D eigenvalue weighted by Gasteiger charge is -2.10. The Morgan fingerprint density at radius 1 is 1.06 bits per heavy atom. The number of hydrogen-bond acceptors (Lipinski definition) is 4. The molecule has 1 amide bonds. The fourth-order valence-electron chi connectivity index (χ4n) is 3.24. The predicted molar refractivity (Wildman–Crippen MR) is 122 cm³/mol. The number of nitrogens with one attached hydrogen (secondary N) is 2. The molecule has 0 spiro atoms. The number of halogens is 4. The van der Waals surface area contributed by atoms with E-state index in [2.05, 4.69) is 15.6 Å². The Morgan fingerprint density at radius 2 is 1.84 bits per heavy atom. The zero-order valence-corrected chi connectivity index (χ0v) is 18.1. The van der Waals surface area contributed by atoms with Crippen molar-refractivity contribution in [3.05, 3.63) is 87.9 Å². The molecule has 164 valence electrons. The van der Waals surface area contributed by atoms with Crippen LogP contribution in [0.25, 0.3) is 10.8 Å². The van der Waals surface area contributed by atoms with Crippen molar-refractivity contribution in [1.29, 1.82) is 0 Å². The molecule has 2 N–H and O–H groups in total. The topological polar surface area (TPSA) is 54.0 Å². The molecule has 0 aliphatic heterocycles. The van der Waals surface area contributed by atoms with Crippen LogP contribution < -0.4 is 10.6 Å². The molecule has 0 saturated carbocycles. The smallest absolute Gasteiger partial charge is 0.376 e. The van der Waals surface area contributed by atoms with Gasteiger partial charge in [0.15, 0.2) is 5.13 Å². The zero-order valence-electron chi connectivity index (χ0n) is 16.5. The fraction of sp³-hybridized carbons (Fsp3) is 0.130. The molecule has 0 bridgehead atoms. The van der Waals surface area contributed by atoms with E-state index in [1.54, 1.807) is 0 Å². The highest BCUT2D eigenvalue weighted by atomic mass is 35.5. The summed E-state index contributed by atoms with van der Waals surface area (Å²) in [6.45, 7) is 0.0440. The maximum atomic E-state index is 13.0. The molecule has 4 aromatic rings. The quantitative estimate of drug-likeness (QED) is 0.330. The minimum atomic E-state index is -4.44. The lowest BCUT2D eigenvalue weighted by Crippen LogP contribution is -2.21. The van der Waals surface area contributed by atoms with Crippen LogP contribution in [-0.2, 0) is 17.4 Å². The molecule has 4 rings (SSSR count). The number of carbonyl (C=O) groups is 1. The number of alkyl halides is 3. The fourth-order valence-corrected chi connectivity index (χ4v) is 4.28. The molecule has 0 radical (unpaired) electrons. The van der Waals surface area contributed by atoms with Crippen LogP contribution in [0.3, 0.4) is 0 Å². The zero-order chi connectivity index (χ0) is 22.7. The molecule has 32 heavy (non-hydrogen) atoms. The van der Waals surface area contributed by atoms with Gasteiger partial charge >= 0.3 is 6.18 Å². The largest absolute Gasteiger partial charge is 0.416 e. The molecule has 1 heterocycles. The minimum absolute atomic E-state index is 0.0440. The molecule has 0 unspecified atom stereocenters. The Bertz CT molecular complexity index is 1270. The summed E-state index contributed by atoms with van der Waals surface area (Å²) in [5.41, 5.74) is 0.437. The maximum Gasteiger partial charge on any atom is 0.416 e. The van der Waals surface area contributed by atoms with Gasteiger partial charge in [0, 0.05) is 33.6 Å². The van der Waals surface area contributed by atoms with E-state index in [9.17, 15) is 18.0 Å². The van der Waals surface area contributed by atoms with Gasteiger partial charge in [0.05, 0.1) is 12.1 Å². The van der Waals surface area contributed by atoms with E-state index in [-0.39, 0.29) is 23.9 Å². The van der Waals surface area contributed by atoms with E-state index < -0.39 is 11.7 Å². The molecule has 3 aromatic carbocycles. The van der Waals surface area contributed by atoms with Gasteiger partial charge in [0.1, 0.15) is 0 Å². The van der Waals surface area contributed by atoms with Gasteiger partial charge in [-0.2, -0.15) is 13.2 Å². The van der Waals surface area contributed by atoms with Crippen LogP contribution >= 0.6 is 22.9 Å². The summed E-state index contributed by atoms with van der Waals surface area (Å²) in [6, 6.07) is 16.9. The first-order valence-electron chi connectivity index (χ1n) is 9.61. The molecule has 9 heteroatoms. The first-order valence-corrected chi connectivity index (χ1v) is 10.8. The number of amides is 1. The first-order chi connectivity index (χ1) is 15.3. The highest BCUT2D eigenvalue weighted by Gasteiger charge is 2.30. The van der Waals surface area contributed by atoms with Gasteiger partial charge in [-0.1, -0.05) is 48.0 Å². The first kappa shape index (κ1) is 22.1. The van der Waals surface area contributed by atoms with Crippen LogP contribution in [0.15, 0.2) is 66.9 Å². The van der Waals surface area contributed by atoms with Crippen molar-refractivity contribution in [2.75, 3.05) is 17.2 Å². The molecular weight excluding hydrogens is 459 g/mol. The van der Waals surface area contributed by atoms with Crippen LogP contribution in [0, 0.1) is 0 Å². The average Bonchev–Trinajstić information content (AvgIpc) is 3.19. The van der Waals surface area contributed by atoms with Gasteiger partial charge in [-0.25, -0.2) is 4.98 Å². The molecule has 0 saturated heterocycles.